The molecule has 0 aliphatic heterocycles. The number of amides is 1. The van der Waals surface area contributed by atoms with Crippen LogP contribution < -0.4 is 5.32 Å². The Morgan fingerprint density at radius 2 is 2.00 bits per heavy atom. The number of carboxylic acids is 1. The van der Waals surface area contributed by atoms with Gasteiger partial charge in [-0.25, -0.2) is 0 Å². The predicted molar refractivity (Wildman–Crippen MR) is 71.6 cm³/mol. The quantitative estimate of drug-likeness (QED) is 0.632. The van der Waals surface area contributed by atoms with Crippen molar-refractivity contribution in [3.63, 3.8) is 0 Å². The third-order valence-electron chi connectivity index (χ3n) is 2.72. The van der Waals surface area contributed by atoms with Gasteiger partial charge in [-0.2, -0.15) is 0 Å². The number of nitrogens with zero attached hydrogens (tertiary/aromatic N) is 1. The lowest BCUT2D eigenvalue weighted by Crippen LogP contribution is -2.45. The molecule has 0 unspecified atom stereocenters. The zero-order valence-electron chi connectivity index (χ0n) is 11.5. The van der Waals surface area contributed by atoms with Gasteiger partial charge >= 0.3 is 5.97 Å². The fourth-order valence-corrected chi connectivity index (χ4v) is 1.77. The lowest BCUT2D eigenvalue weighted by Gasteiger charge is -2.24. The molecule has 20 heavy (non-hydrogen) atoms. The van der Waals surface area contributed by atoms with E-state index in [1.165, 1.54) is 18.2 Å². The van der Waals surface area contributed by atoms with E-state index in [9.17, 15) is 19.7 Å². The summed E-state index contributed by atoms with van der Waals surface area (Å²) >= 11 is 0. The normalized spacial score (nSPS) is 10.9. The summed E-state index contributed by atoms with van der Waals surface area (Å²) in [7, 11) is 0. The zero-order chi connectivity index (χ0) is 15.5. The van der Waals surface area contributed by atoms with Crippen LogP contribution in [0, 0.1) is 17.0 Å². The van der Waals surface area contributed by atoms with Gasteiger partial charge in [0.1, 0.15) is 0 Å². The van der Waals surface area contributed by atoms with Crippen molar-refractivity contribution in [2.75, 3.05) is 0 Å². The molecule has 0 fully saturated rings. The van der Waals surface area contributed by atoms with Crippen LogP contribution in [0.15, 0.2) is 18.2 Å². The highest BCUT2D eigenvalue weighted by Crippen LogP contribution is 2.18. The van der Waals surface area contributed by atoms with Gasteiger partial charge in [-0.1, -0.05) is 6.07 Å². The Labute approximate surface area is 115 Å². The fraction of sp³-hybridized carbons (Fsp3) is 0.385. The van der Waals surface area contributed by atoms with Gasteiger partial charge in [-0.15, -0.1) is 0 Å². The van der Waals surface area contributed by atoms with Crippen molar-refractivity contribution in [3.8, 4) is 0 Å². The van der Waals surface area contributed by atoms with Crippen LogP contribution in [0.4, 0.5) is 5.69 Å². The number of aliphatic carboxylic acids is 1. The Morgan fingerprint density at radius 3 is 2.50 bits per heavy atom. The highest BCUT2D eigenvalue weighted by atomic mass is 16.6. The van der Waals surface area contributed by atoms with Crippen LogP contribution in [-0.4, -0.2) is 27.4 Å². The molecule has 1 rings (SSSR count). The van der Waals surface area contributed by atoms with E-state index in [2.05, 4.69) is 5.32 Å². The molecule has 108 valence electrons. The Bertz CT molecular complexity index is 566. The second-order valence-corrected chi connectivity index (χ2v) is 5.16. The lowest BCUT2D eigenvalue weighted by atomic mass is 9.99. The zero-order valence-corrected chi connectivity index (χ0v) is 11.5. The van der Waals surface area contributed by atoms with E-state index in [1.54, 1.807) is 20.8 Å². The minimum Gasteiger partial charge on any atom is -0.481 e. The molecule has 7 nitrogen and oxygen atoms in total. The van der Waals surface area contributed by atoms with E-state index in [0.29, 0.717) is 5.56 Å². The van der Waals surface area contributed by atoms with Gasteiger partial charge in [0.05, 0.1) is 11.3 Å². The second kappa shape index (κ2) is 5.68. The Kier molecular flexibility index (Phi) is 4.44. The van der Waals surface area contributed by atoms with Crippen LogP contribution in [0.3, 0.4) is 0 Å². The van der Waals surface area contributed by atoms with Crippen molar-refractivity contribution >= 4 is 17.6 Å². The SMILES string of the molecule is Cc1ccc([N+](=O)[O-])cc1C(=O)NC(C)(C)CC(=O)O. The molecule has 0 bridgehead atoms. The fourth-order valence-electron chi connectivity index (χ4n) is 1.77. The topological polar surface area (TPSA) is 110 Å². The number of carbonyl (C=O) groups excluding carboxylic acids is 1. The molecule has 0 saturated heterocycles. The number of nitrogens with one attached hydrogen (secondary N) is 1. The van der Waals surface area contributed by atoms with Crippen LogP contribution >= 0.6 is 0 Å². The monoisotopic (exact) mass is 280 g/mol. The molecule has 0 aliphatic carbocycles. The molecular formula is C13H16N2O5. The molecule has 0 saturated carbocycles. The molecule has 7 heteroatoms. The molecule has 0 radical (unpaired) electrons. The standard InChI is InChI=1S/C13H16N2O5/c1-8-4-5-9(15(19)20)6-10(8)12(18)14-13(2,3)7-11(16)17/h4-6H,7H2,1-3H3,(H,14,18)(H,16,17). The molecule has 0 spiro atoms. The van der Waals surface area contributed by atoms with E-state index in [1.807, 2.05) is 0 Å². The molecule has 0 aromatic heterocycles. The average Bonchev–Trinajstić information content (AvgIpc) is 2.26. The number of benzene rings is 1. The summed E-state index contributed by atoms with van der Waals surface area (Å²) in [4.78, 5) is 32.9. The number of carboxylic acid groups (broad SMARTS) is 1. The first-order valence-electron chi connectivity index (χ1n) is 5.92. The number of non-ortho nitro benzene ring substituents is 1. The van der Waals surface area contributed by atoms with Crippen LogP contribution in [0.1, 0.15) is 36.2 Å². The molecule has 1 amide bonds. The number of hydrogen-bond donors (Lipinski definition) is 2. The van der Waals surface area contributed by atoms with Gasteiger partial charge in [0.15, 0.2) is 0 Å². The summed E-state index contributed by atoms with van der Waals surface area (Å²) in [6, 6.07) is 3.98. The first kappa shape index (κ1) is 15.6. The molecule has 2 N–H and O–H groups in total. The maximum Gasteiger partial charge on any atom is 0.305 e. The number of nitro groups is 1. The predicted octanol–water partition coefficient (Wildman–Crippen LogP) is 1.89. The van der Waals surface area contributed by atoms with Crippen LogP contribution in [-0.2, 0) is 4.79 Å². The Hall–Kier alpha value is -2.44. The summed E-state index contributed by atoms with van der Waals surface area (Å²) in [5, 5.41) is 22.0. The average molecular weight is 280 g/mol. The van der Waals surface area contributed by atoms with E-state index in [0.717, 1.165) is 0 Å². The summed E-state index contributed by atoms with van der Waals surface area (Å²) in [6.07, 6.45) is -0.243. The molecule has 1 aromatic rings. The van der Waals surface area contributed by atoms with Crippen molar-refractivity contribution in [2.45, 2.75) is 32.7 Å². The van der Waals surface area contributed by atoms with Gasteiger partial charge in [0.2, 0.25) is 0 Å². The highest BCUT2D eigenvalue weighted by molar-refractivity contribution is 5.97. The van der Waals surface area contributed by atoms with Crippen LogP contribution in [0.5, 0.6) is 0 Å². The van der Waals surface area contributed by atoms with E-state index >= 15 is 0 Å². The van der Waals surface area contributed by atoms with Gasteiger partial charge in [0, 0.05) is 23.2 Å². The van der Waals surface area contributed by atoms with E-state index in [-0.39, 0.29) is 17.7 Å². The summed E-state index contributed by atoms with van der Waals surface area (Å²) in [5.41, 5.74) is -0.381. The summed E-state index contributed by atoms with van der Waals surface area (Å²) in [5.74, 6) is -1.57. The third-order valence-corrected chi connectivity index (χ3v) is 2.72. The smallest absolute Gasteiger partial charge is 0.305 e. The second-order valence-electron chi connectivity index (χ2n) is 5.16. The summed E-state index contributed by atoms with van der Waals surface area (Å²) < 4.78 is 0. The molecular weight excluding hydrogens is 264 g/mol. The molecule has 0 atom stereocenters. The molecule has 0 aliphatic rings. The Balaban J connectivity index is 3.00. The van der Waals surface area contributed by atoms with Crippen molar-refractivity contribution < 1.29 is 19.6 Å². The number of aryl methyl sites for hydroxylation is 1. The maximum absolute atomic E-state index is 12.1. The molecule has 1 aromatic carbocycles. The van der Waals surface area contributed by atoms with Crippen molar-refractivity contribution in [1.82, 2.24) is 5.32 Å². The van der Waals surface area contributed by atoms with Gasteiger partial charge in [-0.3, -0.25) is 19.7 Å². The van der Waals surface area contributed by atoms with Gasteiger partial charge in [-0.05, 0) is 26.3 Å². The lowest BCUT2D eigenvalue weighted by molar-refractivity contribution is -0.384. The van der Waals surface area contributed by atoms with E-state index < -0.39 is 22.3 Å². The third kappa shape index (κ3) is 4.04. The number of hydrogen-bond acceptors (Lipinski definition) is 4. The van der Waals surface area contributed by atoms with Crippen molar-refractivity contribution in [1.29, 1.82) is 0 Å². The first-order chi connectivity index (χ1) is 9.12. The number of carbonyl (C=O) groups is 2. The van der Waals surface area contributed by atoms with Gasteiger partial charge in [0.25, 0.3) is 11.6 Å². The highest BCUT2D eigenvalue weighted by Gasteiger charge is 2.25. The Morgan fingerprint density at radius 1 is 1.40 bits per heavy atom. The van der Waals surface area contributed by atoms with Gasteiger partial charge < -0.3 is 10.4 Å². The molecule has 0 heterocycles. The van der Waals surface area contributed by atoms with Crippen LogP contribution in [0.2, 0.25) is 0 Å². The van der Waals surface area contributed by atoms with E-state index in [4.69, 9.17) is 5.11 Å². The van der Waals surface area contributed by atoms with Crippen LogP contribution in [0.25, 0.3) is 0 Å². The number of nitro benzene ring substituents is 1. The summed E-state index contributed by atoms with van der Waals surface area (Å²) in [6.45, 7) is 4.81. The minimum atomic E-state index is -1.04. The van der Waals surface area contributed by atoms with Crippen molar-refractivity contribution in [2.24, 2.45) is 0 Å². The first-order valence-corrected chi connectivity index (χ1v) is 5.92. The van der Waals surface area contributed by atoms with Crippen molar-refractivity contribution in [3.05, 3.63) is 39.4 Å². The number of rotatable bonds is 5. The maximum atomic E-state index is 12.1. The largest absolute Gasteiger partial charge is 0.481 e. The minimum absolute atomic E-state index is 0.165.